The molecular weight excluding hydrogens is 354 g/mol. The van der Waals surface area contributed by atoms with Gasteiger partial charge in [0.1, 0.15) is 6.61 Å². The fourth-order valence-electron chi connectivity index (χ4n) is 1.73. The summed E-state index contributed by atoms with van der Waals surface area (Å²) in [4.78, 5) is 23.2. The van der Waals surface area contributed by atoms with Gasteiger partial charge in [-0.1, -0.05) is 6.07 Å². The van der Waals surface area contributed by atoms with Crippen molar-refractivity contribution in [3.05, 3.63) is 50.1 Å². The Morgan fingerprint density at radius 1 is 1.33 bits per heavy atom. The average Bonchev–Trinajstić information content (AvgIpc) is 2.84. The summed E-state index contributed by atoms with van der Waals surface area (Å²) < 4.78 is 6.26. The van der Waals surface area contributed by atoms with E-state index in [9.17, 15) is 9.59 Å². The van der Waals surface area contributed by atoms with Crippen molar-refractivity contribution in [2.45, 2.75) is 20.5 Å². The number of aryl methyl sites for hydroxylation is 1. The zero-order chi connectivity index (χ0) is 15.4. The zero-order valence-electron chi connectivity index (χ0n) is 11.6. The SMILES string of the molecule is CC(=O)Nc1cc(C(=O)OCc2csc(Br)c2)ccc1C. The molecule has 1 aromatic carbocycles. The molecule has 0 saturated carbocycles. The quantitative estimate of drug-likeness (QED) is 0.826. The van der Waals surface area contributed by atoms with Gasteiger partial charge in [-0.15, -0.1) is 11.3 Å². The summed E-state index contributed by atoms with van der Waals surface area (Å²) in [6, 6.07) is 7.01. The van der Waals surface area contributed by atoms with Gasteiger partial charge in [-0.05, 0) is 52.0 Å². The lowest BCUT2D eigenvalue weighted by Gasteiger charge is -2.09. The van der Waals surface area contributed by atoms with Crippen molar-refractivity contribution in [3.8, 4) is 0 Å². The third kappa shape index (κ3) is 4.41. The zero-order valence-corrected chi connectivity index (χ0v) is 14.0. The molecule has 0 atom stereocenters. The molecule has 21 heavy (non-hydrogen) atoms. The van der Waals surface area contributed by atoms with Crippen molar-refractivity contribution in [2.75, 3.05) is 5.32 Å². The maximum Gasteiger partial charge on any atom is 0.338 e. The summed E-state index contributed by atoms with van der Waals surface area (Å²) in [7, 11) is 0. The van der Waals surface area contributed by atoms with Gasteiger partial charge < -0.3 is 10.1 Å². The third-order valence-corrected chi connectivity index (χ3v) is 4.33. The maximum atomic E-state index is 12.0. The molecule has 110 valence electrons. The van der Waals surface area contributed by atoms with E-state index in [-0.39, 0.29) is 12.5 Å². The van der Waals surface area contributed by atoms with Crippen LogP contribution >= 0.6 is 27.3 Å². The first kappa shape index (κ1) is 15.7. The number of hydrogen-bond acceptors (Lipinski definition) is 4. The Morgan fingerprint density at radius 3 is 2.71 bits per heavy atom. The van der Waals surface area contributed by atoms with E-state index in [4.69, 9.17) is 4.74 Å². The number of carbonyl (C=O) groups excluding carboxylic acids is 2. The Hall–Kier alpha value is -1.66. The third-order valence-electron chi connectivity index (χ3n) is 2.78. The maximum absolute atomic E-state index is 12.0. The molecule has 0 saturated heterocycles. The van der Waals surface area contributed by atoms with E-state index in [2.05, 4.69) is 21.2 Å². The number of amides is 1. The van der Waals surface area contributed by atoms with E-state index >= 15 is 0 Å². The fraction of sp³-hybridized carbons (Fsp3) is 0.200. The highest BCUT2D eigenvalue weighted by Crippen LogP contribution is 2.22. The van der Waals surface area contributed by atoms with Crippen LogP contribution in [0, 0.1) is 6.92 Å². The molecule has 1 amide bonds. The van der Waals surface area contributed by atoms with E-state index in [0.29, 0.717) is 11.3 Å². The summed E-state index contributed by atoms with van der Waals surface area (Å²) in [6.45, 7) is 3.52. The Labute approximate surface area is 135 Å². The van der Waals surface area contributed by atoms with Gasteiger partial charge in [0.05, 0.1) is 9.35 Å². The average molecular weight is 368 g/mol. The topological polar surface area (TPSA) is 55.4 Å². The molecule has 4 nitrogen and oxygen atoms in total. The molecule has 1 heterocycles. The Morgan fingerprint density at radius 2 is 2.10 bits per heavy atom. The van der Waals surface area contributed by atoms with Crippen LogP contribution in [-0.2, 0) is 16.1 Å². The second-order valence-electron chi connectivity index (χ2n) is 4.55. The van der Waals surface area contributed by atoms with Crippen LogP contribution in [0.5, 0.6) is 0 Å². The smallest absolute Gasteiger partial charge is 0.338 e. The molecule has 1 aromatic heterocycles. The molecule has 0 spiro atoms. The van der Waals surface area contributed by atoms with E-state index in [1.54, 1.807) is 29.5 Å². The molecule has 6 heteroatoms. The van der Waals surface area contributed by atoms with Crippen molar-refractivity contribution in [2.24, 2.45) is 0 Å². The van der Waals surface area contributed by atoms with Crippen molar-refractivity contribution in [1.29, 1.82) is 0 Å². The lowest BCUT2D eigenvalue weighted by atomic mass is 10.1. The summed E-state index contributed by atoms with van der Waals surface area (Å²) in [5, 5.41) is 4.62. The first-order valence-corrected chi connectivity index (χ1v) is 7.91. The van der Waals surface area contributed by atoms with Crippen LogP contribution in [-0.4, -0.2) is 11.9 Å². The number of halogens is 1. The molecule has 2 aromatic rings. The molecule has 0 aliphatic heterocycles. The highest BCUT2D eigenvalue weighted by molar-refractivity contribution is 9.11. The number of hydrogen-bond donors (Lipinski definition) is 1. The van der Waals surface area contributed by atoms with Crippen LogP contribution in [0.1, 0.15) is 28.4 Å². The molecule has 0 bridgehead atoms. The second-order valence-corrected chi connectivity index (χ2v) is 6.84. The monoisotopic (exact) mass is 367 g/mol. The van der Waals surface area contributed by atoms with Gasteiger partial charge in [0.15, 0.2) is 0 Å². The van der Waals surface area contributed by atoms with Crippen LogP contribution in [0.15, 0.2) is 33.4 Å². The van der Waals surface area contributed by atoms with Crippen molar-refractivity contribution in [1.82, 2.24) is 0 Å². The lowest BCUT2D eigenvalue weighted by molar-refractivity contribution is -0.114. The fourth-order valence-corrected chi connectivity index (χ4v) is 2.92. The molecule has 0 fully saturated rings. The number of nitrogens with one attached hydrogen (secondary N) is 1. The van der Waals surface area contributed by atoms with Gasteiger partial charge >= 0.3 is 5.97 Å². The number of esters is 1. The second kappa shape index (κ2) is 6.87. The van der Waals surface area contributed by atoms with E-state index in [1.165, 1.54) is 6.92 Å². The molecular formula is C15H14BrNO3S. The minimum Gasteiger partial charge on any atom is -0.457 e. The number of ether oxygens (including phenoxy) is 1. The van der Waals surface area contributed by atoms with Crippen LogP contribution in [0.4, 0.5) is 5.69 Å². The van der Waals surface area contributed by atoms with E-state index < -0.39 is 5.97 Å². The molecule has 0 aliphatic carbocycles. The van der Waals surface area contributed by atoms with Crippen LogP contribution in [0.3, 0.4) is 0 Å². The first-order chi connectivity index (χ1) is 9.95. The van der Waals surface area contributed by atoms with Gasteiger partial charge in [-0.2, -0.15) is 0 Å². The predicted octanol–water partition coefficient (Wildman–Crippen LogP) is 4.13. The Bertz CT molecular complexity index is 681. The molecule has 2 rings (SSSR count). The van der Waals surface area contributed by atoms with Gasteiger partial charge in [-0.3, -0.25) is 4.79 Å². The van der Waals surface area contributed by atoms with Gasteiger partial charge in [0, 0.05) is 18.2 Å². The summed E-state index contributed by atoms with van der Waals surface area (Å²) in [6.07, 6.45) is 0. The molecule has 0 unspecified atom stereocenters. The molecule has 1 N–H and O–H groups in total. The Kier molecular flexibility index (Phi) is 5.14. The molecule has 0 radical (unpaired) electrons. The van der Waals surface area contributed by atoms with Crippen molar-refractivity contribution >= 4 is 44.8 Å². The van der Waals surface area contributed by atoms with Crippen LogP contribution in [0.2, 0.25) is 0 Å². The number of thiophene rings is 1. The summed E-state index contributed by atoms with van der Waals surface area (Å²) in [5.41, 5.74) is 2.87. The van der Waals surface area contributed by atoms with Gasteiger partial charge in [-0.25, -0.2) is 4.79 Å². The first-order valence-electron chi connectivity index (χ1n) is 6.24. The highest BCUT2D eigenvalue weighted by Gasteiger charge is 2.11. The number of benzene rings is 1. The predicted molar refractivity (Wildman–Crippen MR) is 86.6 cm³/mol. The standard InChI is InChI=1S/C15H14BrNO3S/c1-9-3-4-12(6-13(9)17-10(2)18)15(19)20-7-11-5-14(16)21-8-11/h3-6,8H,7H2,1-2H3,(H,17,18). The van der Waals surface area contributed by atoms with Crippen LogP contribution in [0.25, 0.3) is 0 Å². The van der Waals surface area contributed by atoms with E-state index in [1.807, 2.05) is 18.4 Å². The number of anilines is 1. The summed E-state index contributed by atoms with van der Waals surface area (Å²) >= 11 is 4.90. The highest BCUT2D eigenvalue weighted by atomic mass is 79.9. The normalized spacial score (nSPS) is 10.2. The number of carbonyl (C=O) groups is 2. The minimum atomic E-state index is -0.413. The lowest BCUT2D eigenvalue weighted by Crippen LogP contribution is -2.10. The van der Waals surface area contributed by atoms with Crippen molar-refractivity contribution in [3.63, 3.8) is 0 Å². The van der Waals surface area contributed by atoms with Crippen molar-refractivity contribution < 1.29 is 14.3 Å². The number of rotatable bonds is 4. The Balaban J connectivity index is 2.06. The van der Waals surface area contributed by atoms with Gasteiger partial charge in [0.25, 0.3) is 0 Å². The molecule has 0 aliphatic rings. The van der Waals surface area contributed by atoms with E-state index in [0.717, 1.165) is 14.9 Å². The minimum absolute atomic E-state index is 0.174. The van der Waals surface area contributed by atoms with Crippen LogP contribution < -0.4 is 5.32 Å². The largest absolute Gasteiger partial charge is 0.457 e. The van der Waals surface area contributed by atoms with Gasteiger partial charge in [0.2, 0.25) is 5.91 Å². The summed E-state index contributed by atoms with van der Waals surface area (Å²) in [5.74, 6) is -0.587.